The zero-order chi connectivity index (χ0) is 20.1. The molecule has 0 aliphatic carbocycles. The number of nitrogens with one attached hydrogen (secondary N) is 2. The standard InChI is InChI=1S/C19H21F3N4O2/c1-11-18(6-2-8-23-17(18)28)7-3-9-26(11)15(27)12-4-5-13-14(10-12)25-16(24-13)19(20,21)22/h4-5,10-11H,2-3,6-9H2,1H3,(H,23,28)(H,24,25)/t11-,18+/m1/s1. The Balaban J connectivity index is 1.64. The summed E-state index contributed by atoms with van der Waals surface area (Å²) in [5, 5.41) is 2.92. The predicted molar refractivity (Wildman–Crippen MR) is 95.5 cm³/mol. The van der Waals surface area contributed by atoms with E-state index in [1.807, 2.05) is 6.92 Å². The number of halogens is 3. The first kappa shape index (κ1) is 18.8. The average Bonchev–Trinajstić information content (AvgIpc) is 3.09. The molecule has 1 aromatic heterocycles. The van der Waals surface area contributed by atoms with Crippen LogP contribution in [0.15, 0.2) is 18.2 Å². The number of alkyl halides is 3. The summed E-state index contributed by atoms with van der Waals surface area (Å²) in [6, 6.07) is 4.01. The molecule has 0 bridgehead atoms. The van der Waals surface area contributed by atoms with Crippen molar-refractivity contribution >= 4 is 22.8 Å². The Morgan fingerprint density at radius 3 is 2.75 bits per heavy atom. The Labute approximate surface area is 159 Å². The van der Waals surface area contributed by atoms with E-state index < -0.39 is 17.4 Å². The first-order valence-corrected chi connectivity index (χ1v) is 9.39. The monoisotopic (exact) mass is 394 g/mol. The highest BCUT2D eigenvalue weighted by Crippen LogP contribution is 2.42. The Kier molecular flexibility index (Phi) is 4.35. The Morgan fingerprint density at radius 2 is 2.04 bits per heavy atom. The number of hydrogen-bond acceptors (Lipinski definition) is 3. The van der Waals surface area contributed by atoms with Gasteiger partial charge in [-0.3, -0.25) is 9.59 Å². The number of nitrogens with zero attached hydrogens (tertiary/aromatic N) is 2. The number of likely N-dealkylation sites (tertiary alicyclic amines) is 1. The van der Waals surface area contributed by atoms with Crippen LogP contribution in [0.25, 0.3) is 11.0 Å². The number of carbonyl (C=O) groups excluding carboxylic acids is 2. The van der Waals surface area contributed by atoms with Gasteiger partial charge in [0.25, 0.3) is 5.91 Å². The molecule has 6 nitrogen and oxygen atoms in total. The lowest BCUT2D eigenvalue weighted by Gasteiger charge is -2.49. The molecule has 9 heteroatoms. The molecular formula is C19H21F3N4O2. The molecule has 2 atom stereocenters. The van der Waals surface area contributed by atoms with Crippen molar-refractivity contribution in [3.8, 4) is 0 Å². The molecule has 0 unspecified atom stereocenters. The second-order valence-corrected chi connectivity index (χ2v) is 7.61. The Hall–Kier alpha value is -2.58. The smallest absolute Gasteiger partial charge is 0.356 e. The highest BCUT2D eigenvalue weighted by atomic mass is 19.4. The lowest BCUT2D eigenvalue weighted by atomic mass is 9.68. The van der Waals surface area contributed by atoms with Crippen LogP contribution >= 0.6 is 0 Å². The molecule has 150 valence electrons. The van der Waals surface area contributed by atoms with E-state index in [1.54, 1.807) is 4.90 Å². The van der Waals surface area contributed by atoms with Gasteiger partial charge in [-0.25, -0.2) is 4.98 Å². The summed E-state index contributed by atoms with van der Waals surface area (Å²) in [6.45, 7) is 3.06. The molecule has 0 radical (unpaired) electrons. The quantitative estimate of drug-likeness (QED) is 0.780. The molecular weight excluding hydrogens is 373 g/mol. The number of aromatic nitrogens is 2. The number of amides is 2. The van der Waals surface area contributed by atoms with Crippen molar-refractivity contribution in [1.82, 2.24) is 20.2 Å². The maximum atomic E-state index is 13.1. The highest BCUT2D eigenvalue weighted by molar-refractivity contribution is 5.98. The number of rotatable bonds is 1. The number of benzene rings is 1. The number of piperidine rings is 2. The summed E-state index contributed by atoms with van der Waals surface area (Å²) in [6.07, 6.45) is -1.52. The van der Waals surface area contributed by atoms with E-state index in [9.17, 15) is 22.8 Å². The largest absolute Gasteiger partial charge is 0.449 e. The first-order valence-electron chi connectivity index (χ1n) is 9.39. The van der Waals surface area contributed by atoms with Gasteiger partial charge in [-0.15, -0.1) is 0 Å². The van der Waals surface area contributed by atoms with E-state index in [0.29, 0.717) is 19.5 Å². The maximum absolute atomic E-state index is 13.1. The first-order chi connectivity index (χ1) is 13.2. The van der Waals surface area contributed by atoms with Crippen molar-refractivity contribution in [2.45, 2.75) is 44.8 Å². The van der Waals surface area contributed by atoms with Gasteiger partial charge in [0.1, 0.15) is 0 Å². The van der Waals surface area contributed by atoms with Crippen LogP contribution in [0.2, 0.25) is 0 Å². The van der Waals surface area contributed by atoms with Gasteiger partial charge in [0.05, 0.1) is 16.4 Å². The zero-order valence-electron chi connectivity index (χ0n) is 15.4. The van der Waals surface area contributed by atoms with Crippen molar-refractivity contribution in [3.05, 3.63) is 29.6 Å². The number of fused-ring (bicyclic) bond motifs is 1. The molecule has 2 aliphatic heterocycles. The molecule has 28 heavy (non-hydrogen) atoms. The molecule has 1 aromatic carbocycles. The molecule has 2 fully saturated rings. The van der Waals surface area contributed by atoms with E-state index >= 15 is 0 Å². The van der Waals surface area contributed by atoms with E-state index in [2.05, 4.69) is 15.3 Å². The maximum Gasteiger partial charge on any atom is 0.449 e. The molecule has 4 rings (SSSR count). The fraction of sp³-hybridized carbons (Fsp3) is 0.526. The second-order valence-electron chi connectivity index (χ2n) is 7.61. The minimum absolute atomic E-state index is 0.0115. The minimum Gasteiger partial charge on any atom is -0.356 e. The lowest BCUT2D eigenvalue weighted by Crippen LogP contribution is -2.61. The summed E-state index contributed by atoms with van der Waals surface area (Å²) >= 11 is 0. The van der Waals surface area contributed by atoms with E-state index in [0.717, 1.165) is 19.3 Å². The van der Waals surface area contributed by atoms with Crippen molar-refractivity contribution in [2.75, 3.05) is 13.1 Å². The Morgan fingerprint density at radius 1 is 1.29 bits per heavy atom. The summed E-state index contributed by atoms with van der Waals surface area (Å²) in [7, 11) is 0. The average molecular weight is 394 g/mol. The molecule has 2 aromatic rings. The number of carbonyl (C=O) groups is 2. The highest BCUT2D eigenvalue weighted by Gasteiger charge is 2.50. The van der Waals surface area contributed by atoms with E-state index in [-0.39, 0.29) is 34.5 Å². The van der Waals surface area contributed by atoms with Gasteiger partial charge >= 0.3 is 6.18 Å². The topological polar surface area (TPSA) is 78.1 Å². The third-order valence-electron chi connectivity index (χ3n) is 6.08. The zero-order valence-corrected chi connectivity index (χ0v) is 15.4. The van der Waals surface area contributed by atoms with Crippen LogP contribution in [-0.4, -0.2) is 45.8 Å². The summed E-state index contributed by atoms with van der Waals surface area (Å²) in [4.78, 5) is 33.2. The summed E-state index contributed by atoms with van der Waals surface area (Å²) < 4.78 is 38.6. The molecule has 0 saturated carbocycles. The van der Waals surface area contributed by atoms with Crippen LogP contribution in [0.3, 0.4) is 0 Å². The lowest BCUT2D eigenvalue weighted by molar-refractivity contribution is -0.144. The van der Waals surface area contributed by atoms with Crippen LogP contribution in [0.5, 0.6) is 0 Å². The van der Waals surface area contributed by atoms with Crippen molar-refractivity contribution in [2.24, 2.45) is 5.41 Å². The number of imidazole rings is 1. The number of H-pyrrole nitrogens is 1. The van der Waals surface area contributed by atoms with Crippen LogP contribution in [0.1, 0.15) is 48.8 Å². The van der Waals surface area contributed by atoms with Gasteiger partial charge in [-0.05, 0) is 50.8 Å². The molecule has 2 N–H and O–H groups in total. The van der Waals surface area contributed by atoms with Crippen LogP contribution < -0.4 is 5.32 Å². The molecule has 2 aliphatic rings. The van der Waals surface area contributed by atoms with E-state index in [4.69, 9.17) is 0 Å². The summed E-state index contributed by atoms with van der Waals surface area (Å²) in [5.74, 6) is -1.38. The van der Waals surface area contributed by atoms with Gasteiger partial charge in [0.2, 0.25) is 11.7 Å². The number of hydrogen-bond donors (Lipinski definition) is 2. The van der Waals surface area contributed by atoms with Crippen LogP contribution in [-0.2, 0) is 11.0 Å². The molecule has 1 spiro atoms. The van der Waals surface area contributed by atoms with Crippen LogP contribution in [0.4, 0.5) is 13.2 Å². The molecule has 3 heterocycles. The van der Waals surface area contributed by atoms with Crippen molar-refractivity contribution in [3.63, 3.8) is 0 Å². The van der Waals surface area contributed by atoms with Crippen molar-refractivity contribution in [1.29, 1.82) is 0 Å². The number of aromatic amines is 1. The van der Waals surface area contributed by atoms with Gasteiger partial charge in [-0.2, -0.15) is 13.2 Å². The third-order valence-corrected chi connectivity index (χ3v) is 6.08. The van der Waals surface area contributed by atoms with Gasteiger partial charge < -0.3 is 15.2 Å². The molecule has 2 saturated heterocycles. The fourth-order valence-electron chi connectivity index (χ4n) is 4.52. The van der Waals surface area contributed by atoms with Crippen molar-refractivity contribution < 1.29 is 22.8 Å². The SMILES string of the molecule is C[C@H]1N(C(=O)c2ccc3nc(C(F)(F)F)[nH]c3c2)CCC[C@@]12CCCNC2=O. The van der Waals surface area contributed by atoms with Crippen LogP contribution in [0, 0.1) is 5.41 Å². The van der Waals surface area contributed by atoms with Gasteiger partial charge in [0, 0.05) is 24.7 Å². The second kappa shape index (κ2) is 6.49. The third kappa shape index (κ3) is 2.93. The molecule has 2 amide bonds. The predicted octanol–water partition coefficient (Wildman–Crippen LogP) is 3.10. The normalized spacial score (nSPS) is 25.9. The summed E-state index contributed by atoms with van der Waals surface area (Å²) in [5.41, 5.74) is 0.00454. The Bertz CT molecular complexity index is 935. The van der Waals surface area contributed by atoms with Gasteiger partial charge in [-0.1, -0.05) is 0 Å². The van der Waals surface area contributed by atoms with E-state index in [1.165, 1.54) is 18.2 Å². The fourth-order valence-corrected chi connectivity index (χ4v) is 4.52. The van der Waals surface area contributed by atoms with Gasteiger partial charge in [0.15, 0.2) is 0 Å². The minimum atomic E-state index is -4.58.